The Morgan fingerprint density at radius 2 is 1.73 bits per heavy atom. The first kappa shape index (κ1) is 16.6. The van der Waals surface area contributed by atoms with Crippen LogP contribution < -0.4 is 5.32 Å². The van der Waals surface area contributed by atoms with Gasteiger partial charge in [0.05, 0.1) is 6.26 Å². The van der Waals surface area contributed by atoms with Gasteiger partial charge >= 0.3 is 0 Å². The molecule has 2 aromatic heterocycles. The van der Waals surface area contributed by atoms with E-state index >= 15 is 0 Å². The second kappa shape index (κ2) is 7.56. The van der Waals surface area contributed by atoms with Gasteiger partial charge in [0.1, 0.15) is 0 Å². The maximum absolute atomic E-state index is 5.92. The highest BCUT2D eigenvalue weighted by Crippen LogP contribution is 2.21. The lowest BCUT2D eigenvalue weighted by Crippen LogP contribution is -2.84. The Kier molecular flexibility index (Phi) is 4.82. The van der Waals surface area contributed by atoms with Crippen LogP contribution >= 0.6 is 11.6 Å². The Labute approximate surface area is 155 Å². The number of quaternary nitrogens is 1. The molecule has 0 aliphatic heterocycles. The number of nitrogens with zero attached hydrogens (tertiary/aromatic N) is 2. The van der Waals surface area contributed by atoms with Crippen molar-refractivity contribution >= 4 is 11.6 Å². The number of rotatable bonds is 6. The normalized spacial score (nSPS) is 12.2. The molecule has 5 nitrogen and oxygen atoms in total. The Morgan fingerprint density at radius 1 is 0.923 bits per heavy atom. The molecule has 0 spiro atoms. The van der Waals surface area contributed by atoms with Crippen molar-refractivity contribution in [2.45, 2.75) is 12.6 Å². The second-order valence-electron chi connectivity index (χ2n) is 5.85. The Morgan fingerprint density at radius 3 is 2.46 bits per heavy atom. The van der Waals surface area contributed by atoms with E-state index in [1.54, 1.807) is 18.4 Å². The summed E-state index contributed by atoms with van der Waals surface area (Å²) in [5, 5.41) is 11.1. The molecule has 2 heterocycles. The van der Waals surface area contributed by atoms with Gasteiger partial charge in [0.2, 0.25) is 5.89 Å². The second-order valence-corrected chi connectivity index (χ2v) is 6.29. The average molecular weight is 367 g/mol. The first-order valence-electron chi connectivity index (χ1n) is 8.29. The fraction of sp³-hybridized carbons (Fsp3) is 0.100. The summed E-state index contributed by atoms with van der Waals surface area (Å²) in [6.45, 7) is 0.543. The van der Waals surface area contributed by atoms with E-state index in [1.165, 1.54) is 0 Å². The molecule has 4 aromatic rings. The van der Waals surface area contributed by atoms with Crippen LogP contribution in [0.4, 0.5) is 0 Å². The van der Waals surface area contributed by atoms with Crippen LogP contribution in [0.2, 0.25) is 5.02 Å². The summed E-state index contributed by atoms with van der Waals surface area (Å²) in [6, 6.07) is 21.4. The molecular weight excluding hydrogens is 350 g/mol. The Bertz CT molecular complexity index is 950. The number of furan rings is 1. The average Bonchev–Trinajstić information content (AvgIpc) is 3.36. The lowest BCUT2D eigenvalue weighted by atomic mass is 10.0. The quantitative estimate of drug-likeness (QED) is 0.563. The van der Waals surface area contributed by atoms with E-state index in [0.29, 0.717) is 23.3 Å². The van der Waals surface area contributed by atoms with E-state index < -0.39 is 0 Å². The van der Waals surface area contributed by atoms with E-state index in [4.69, 9.17) is 20.4 Å². The maximum atomic E-state index is 5.92. The summed E-state index contributed by atoms with van der Waals surface area (Å²) in [5.41, 5.74) is 2.00. The predicted octanol–water partition coefficient (Wildman–Crippen LogP) is 3.84. The van der Waals surface area contributed by atoms with Gasteiger partial charge in [0, 0.05) is 16.1 Å². The Balaban J connectivity index is 1.51. The monoisotopic (exact) mass is 366 g/mol. The van der Waals surface area contributed by atoms with E-state index in [2.05, 4.69) is 27.6 Å². The number of benzene rings is 2. The first-order valence-corrected chi connectivity index (χ1v) is 8.67. The molecule has 6 heteroatoms. The van der Waals surface area contributed by atoms with Gasteiger partial charge in [-0.1, -0.05) is 41.9 Å². The molecule has 2 aromatic carbocycles. The summed E-state index contributed by atoms with van der Waals surface area (Å²) in [7, 11) is 0. The fourth-order valence-electron chi connectivity index (χ4n) is 2.81. The first-order chi connectivity index (χ1) is 12.8. The van der Waals surface area contributed by atoms with Crippen molar-refractivity contribution in [3.63, 3.8) is 0 Å². The van der Waals surface area contributed by atoms with Gasteiger partial charge in [-0.25, -0.2) is 0 Å². The molecule has 0 aliphatic carbocycles. The lowest BCUT2D eigenvalue weighted by molar-refractivity contribution is -0.706. The van der Waals surface area contributed by atoms with Crippen molar-refractivity contribution in [1.82, 2.24) is 10.2 Å². The zero-order valence-electron chi connectivity index (χ0n) is 13.9. The molecule has 0 saturated heterocycles. The van der Waals surface area contributed by atoms with Crippen LogP contribution in [0.25, 0.3) is 11.5 Å². The van der Waals surface area contributed by atoms with Gasteiger partial charge < -0.3 is 14.2 Å². The third-order valence-electron chi connectivity index (χ3n) is 4.09. The molecule has 26 heavy (non-hydrogen) atoms. The number of aromatic nitrogens is 2. The summed E-state index contributed by atoms with van der Waals surface area (Å²) >= 11 is 5.92. The zero-order chi connectivity index (χ0) is 17.8. The molecule has 1 atom stereocenters. The van der Waals surface area contributed by atoms with Gasteiger partial charge in [0.25, 0.3) is 5.89 Å². The molecule has 0 aliphatic rings. The molecule has 0 unspecified atom stereocenters. The number of hydrogen-bond donors (Lipinski definition) is 1. The summed E-state index contributed by atoms with van der Waals surface area (Å²) in [6.07, 6.45) is 1.68. The number of hydrogen-bond acceptors (Lipinski definition) is 4. The third kappa shape index (κ3) is 3.69. The third-order valence-corrected chi connectivity index (χ3v) is 4.35. The molecule has 0 bridgehead atoms. The molecule has 0 fully saturated rings. The fourth-order valence-corrected chi connectivity index (χ4v) is 2.93. The van der Waals surface area contributed by atoms with Gasteiger partial charge in [-0.15, -0.1) is 10.2 Å². The lowest BCUT2D eigenvalue weighted by Gasteiger charge is -2.12. The van der Waals surface area contributed by atoms with Crippen LogP contribution in [0.3, 0.4) is 0 Å². The molecule has 0 radical (unpaired) electrons. The van der Waals surface area contributed by atoms with E-state index in [9.17, 15) is 0 Å². The van der Waals surface area contributed by atoms with Crippen molar-refractivity contribution in [2.75, 3.05) is 0 Å². The van der Waals surface area contributed by atoms with Crippen molar-refractivity contribution < 1.29 is 14.2 Å². The van der Waals surface area contributed by atoms with E-state index in [1.807, 2.05) is 42.5 Å². The van der Waals surface area contributed by atoms with Crippen molar-refractivity contribution in [2.24, 2.45) is 0 Å². The van der Waals surface area contributed by atoms with Gasteiger partial charge in [0.15, 0.2) is 18.3 Å². The summed E-state index contributed by atoms with van der Waals surface area (Å²) < 4.78 is 11.4. The summed E-state index contributed by atoms with van der Waals surface area (Å²) in [5.74, 6) is 1.93. The standard InChI is InChI=1S/C20H16ClN3O2/c21-16-10-8-15(9-11-16)20-24-23-18(26-20)13-22-19(17-7-4-12-25-17)14-5-2-1-3-6-14/h1-12,19,22H,13H2/p+1/t19-/m1/s1. The highest BCUT2D eigenvalue weighted by atomic mass is 35.5. The molecule has 0 saturated carbocycles. The highest BCUT2D eigenvalue weighted by molar-refractivity contribution is 6.30. The minimum Gasteiger partial charge on any atom is -0.463 e. The van der Waals surface area contributed by atoms with Gasteiger partial charge in [-0.05, 0) is 36.4 Å². The largest absolute Gasteiger partial charge is 0.463 e. The minimum atomic E-state index is 0.0251. The van der Waals surface area contributed by atoms with Crippen LogP contribution in [0, 0.1) is 0 Å². The summed E-state index contributed by atoms with van der Waals surface area (Å²) in [4.78, 5) is 0. The van der Waals surface area contributed by atoms with Crippen LogP contribution in [-0.2, 0) is 6.54 Å². The maximum Gasteiger partial charge on any atom is 0.271 e. The molecular formula is C20H17ClN3O2+. The van der Waals surface area contributed by atoms with E-state index in [-0.39, 0.29) is 6.04 Å². The van der Waals surface area contributed by atoms with Crippen molar-refractivity contribution in [3.05, 3.63) is 95.2 Å². The van der Waals surface area contributed by atoms with Crippen LogP contribution in [0.5, 0.6) is 0 Å². The molecule has 4 rings (SSSR count). The van der Waals surface area contributed by atoms with E-state index in [0.717, 1.165) is 16.9 Å². The van der Waals surface area contributed by atoms with Crippen molar-refractivity contribution in [1.29, 1.82) is 0 Å². The smallest absolute Gasteiger partial charge is 0.271 e. The van der Waals surface area contributed by atoms with Crippen LogP contribution in [-0.4, -0.2) is 10.2 Å². The van der Waals surface area contributed by atoms with Crippen LogP contribution in [0.1, 0.15) is 23.3 Å². The van der Waals surface area contributed by atoms with Gasteiger partial charge in [-0.3, -0.25) is 0 Å². The van der Waals surface area contributed by atoms with Crippen LogP contribution in [0.15, 0.2) is 81.8 Å². The SMILES string of the molecule is Clc1ccc(-c2nnc(C[NH2+][C@H](c3ccccc3)c3ccco3)o2)cc1. The minimum absolute atomic E-state index is 0.0251. The van der Waals surface area contributed by atoms with Crippen molar-refractivity contribution in [3.8, 4) is 11.5 Å². The number of nitrogens with two attached hydrogens (primary N) is 1. The molecule has 130 valence electrons. The topological polar surface area (TPSA) is 68.7 Å². The zero-order valence-corrected chi connectivity index (χ0v) is 14.6. The Hall–Kier alpha value is -2.89. The molecule has 0 amide bonds. The predicted molar refractivity (Wildman–Crippen MR) is 97.4 cm³/mol. The molecule has 2 N–H and O–H groups in total. The highest BCUT2D eigenvalue weighted by Gasteiger charge is 2.21. The number of halogens is 1. The van der Waals surface area contributed by atoms with Gasteiger partial charge in [-0.2, -0.15) is 0 Å².